The van der Waals surface area contributed by atoms with E-state index in [4.69, 9.17) is 18.9 Å². The van der Waals surface area contributed by atoms with Gasteiger partial charge in [-0.25, -0.2) is 9.97 Å². The highest BCUT2D eigenvalue weighted by Crippen LogP contribution is 2.38. The fraction of sp³-hybridized carbons (Fsp3) is 0.130. The number of hydrogen-bond donors (Lipinski definition) is 0. The van der Waals surface area contributed by atoms with Crippen molar-refractivity contribution in [2.24, 2.45) is 0 Å². The van der Waals surface area contributed by atoms with Crippen LogP contribution in [-0.4, -0.2) is 31.0 Å². The van der Waals surface area contributed by atoms with Crippen molar-refractivity contribution in [2.45, 2.75) is 0 Å². The number of nitrogens with zero attached hydrogens (tertiary/aromatic N) is 2. The molecule has 0 atom stereocenters. The van der Waals surface area contributed by atoms with Crippen LogP contribution in [0.3, 0.4) is 0 Å². The molecule has 29 heavy (non-hydrogen) atoms. The molecule has 1 aromatic heterocycles. The molecule has 4 aromatic rings. The van der Waals surface area contributed by atoms with Gasteiger partial charge < -0.3 is 18.9 Å². The third-order valence-corrected chi connectivity index (χ3v) is 5.00. The van der Waals surface area contributed by atoms with Crippen molar-refractivity contribution < 1.29 is 18.9 Å². The normalized spacial score (nSPS) is 12.2. The molecule has 0 bridgehead atoms. The van der Waals surface area contributed by atoms with Gasteiger partial charge >= 0.3 is 0 Å². The maximum absolute atomic E-state index is 5.52. The molecule has 0 amide bonds. The van der Waals surface area contributed by atoms with Crippen LogP contribution in [0, 0.1) is 0 Å². The summed E-state index contributed by atoms with van der Waals surface area (Å²) in [5.41, 5.74) is 4.72. The van der Waals surface area contributed by atoms with Crippen LogP contribution in [0.4, 0.5) is 0 Å². The van der Waals surface area contributed by atoms with Crippen LogP contribution in [0.5, 0.6) is 23.0 Å². The Bertz CT molecular complexity index is 1220. The number of ether oxygens (including phenoxy) is 4. The summed E-state index contributed by atoms with van der Waals surface area (Å²) in [6.07, 6.45) is 1.58. The summed E-state index contributed by atoms with van der Waals surface area (Å²) < 4.78 is 21.7. The van der Waals surface area contributed by atoms with E-state index in [1.54, 1.807) is 20.5 Å². The Kier molecular flexibility index (Phi) is 4.17. The van der Waals surface area contributed by atoms with E-state index in [0.29, 0.717) is 11.5 Å². The Labute approximate surface area is 167 Å². The molecule has 1 aliphatic rings. The molecule has 0 spiro atoms. The molecule has 1 aliphatic heterocycles. The molecule has 0 unspecified atom stereocenters. The highest BCUT2D eigenvalue weighted by Gasteiger charge is 2.16. The van der Waals surface area contributed by atoms with E-state index in [0.717, 1.165) is 44.8 Å². The van der Waals surface area contributed by atoms with Gasteiger partial charge in [0.2, 0.25) is 6.79 Å². The summed E-state index contributed by atoms with van der Waals surface area (Å²) in [5, 5.41) is 0.957. The van der Waals surface area contributed by atoms with Gasteiger partial charge in [-0.3, -0.25) is 0 Å². The smallest absolute Gasteiger partial charge is 0.231 e. The van der Waals surface area contributed by atoms with Crippen molar-refractivity contribution in [2.75, 3.05) is 21.0 Å². The fourth-order valence-electron chi connectivity index (χ4n) is 3.53. The summed E-state index contributed by atoms with van der Waals surface area (Å²) in [6.45, 7) is 0.243. The largest absolute Gasteiger partial charge is 0.493 e. The lowest BCUT2D eigenvalue weighted by molar-refractivity contribution is 0.174. The Hall–Kier alpha value is -3.80. The molecule has 0 N–H and O–H groups in total. The van der Waals surface area contributed by atoms with Crippen LogP contribution in [0.1, 0.15) is 0 Å². The lowest BCUT2D eigenvalue weighted by Gasteiger charge is -2.11. The third-order valence-electron chi connectivity index (χ3n) is 5.00. The molecule has 2 heterocycles. The first-order valence-electron chi connectivity index (χ1n) is 9.14. The molecule has 0 radical (unpaired) electrons. The van der Waals surface area contributed by atoms with Crippen molar-refractivity contribution in [1.29, 1.82) is 0 Å². The van der Waals surface area contributed by atoms with E-state index >= 15 is 0 Å². The zero-order chi connectivity index (χ0) is 19.8. The molecular formula is C23H18N2O4. The van der Waals surface area contributed by atoms with Crippen LogP contribution >= 0.6 is 0 Å². The molecule has 144 valence electrons. The van der Waals surface area contributed by atoms with Crippen molar-refractivity contribution >= 4 is 10.9 Å². The maximum Gasteiger partial charge on any atom is 0.231 e. The summed E-state index contributed by atoms with van der Waals surface area (Å²) in [7, 11) is 3.26. The number of methoxy groups -OCH3 is 2. The second-order valence-electron chi connectivity index (χ2n) is 6.59. The lowest BCUT2D eigenvalue weighted by Crippen LogP contribution is -1.93. The van der Waals surface area contributed by atoms with Crippen LogP contribution in [0.2, 0.25) is 0 Å². The first kappa shape index (κ1) is 17.3. The second-order valence-corrected chi connectivity index (χ2v) is 6.59. The van der Waals surface area contributed by atoms with Gasteiger partial charge in [0.25, 0.3) is 0 Å². The fourth-order valence-corrected chi connectivity index (χ4v) is 3.53. The van der Waals surface area contributed by atoms with Crippen LogP contribution < -0.4 is 18.9 Å². The van der Waals surface area contributed by atoms with Crippen molar-refractivity contribution in [3.8, 4) is 45.4 Å². The average Bonchev–Trinajstić information content (AvgIpc) is 3.25. The van der Waals surface area contributed by atoms with E-state index in [2.05, 4.69) is 16.0 Å². The Morgan fingerprint density at radius 3 is 2.34 bits per heavy atom. The average molecular weight is 386 g/mol. The highest BCUT2D eigenvalue weighted by molar-refractivity contribution is 5.95. The highest BCUT2D eigenvalue weighted by atomic mass is 16.7. The monoisotopic (exact) mass is 386 g/mol. The second kappa shape index (κ2) is 6.98. The molecule has 6 nitrogen and oxygen atoms in total. The Morgan fingerprint density at radius 1 is 0.724 bits per heavy atom. The first-order valence-corrected chi connectivity index (χ1v) is 9.14. The van der Waals surface area contributed by atoms with Gasteiger partial charge in [0, 0.05) is 10.9 Å². The predicted molar refractivity (Wildman–Crippen MR) is 110 cm³/mol. The van der Waals surface area contributed by atoms with Crippen molar-refractivity contribution in [3.05, 3.63) is 60.9 Å². The quantitative estimate of drug-likeness (QED) is 0.506. The van der Waals surface area contributed by atoms with Crippen LogP contribution in [0.25, 0.3) is 33.3 Å². The Morgan fingerprint density at radius 2 is 1.48 bits per heavy atom. The minimum absolute atomic E-state index is 0.243. The van der Waals surface area contributed by atoms with Gasteiger partial charge in [-0.05, 0) is 53.6 Å². The number of benzene rings is 3. The van der Waals surface area contributed by atoms with E-state index < -0.39 is 0 Å². The summed E-state index contributed by atoms with van der Waals surface area (Å²) in [4.78, 5) is 8.97. The van der Waals surface area contributed by atoms with Crippen LogP contribution in [0.15, 0.2) is 60.9 Å². The minimum Gasteiger partial charge on any atom is -0.493 e. The number of aromatic nitrogens is 2. The van der Waals surface area contributed by atoms with E-state index in [1.807, 2.05) is 48.5 Å². The topological polar surface area (TPSA) is 62.7 Å². The van der Waals surface area contributed by atoms with E-state index in [1.165, 1.54) is 0 Å². The van der Waals surface area contributed by atoms with Gasteiger partial charge in [-0.2, -0.15) is 0 Å². The summed E-state index contributed by atoms with van der Waals surface area (Å²) in [6, 6.07) is 17.8. The molecular weight excluding hydrogens is 368 g/mol. The molecule has 5 rings (SSSR count). The van der Waals surface area contributed by atoms with Crippen LogP contribution in [-0.2, 0) is 0 Å². The zero-order valence-corrected chi connectivity index (χ0v) is 16.0. The predicted octanol–water partition coefficient (Wildman–Crippen LogP) is 4.71. The molecule has 0 saturated carbocycles. The first-order chi connectivity index (χ1) is 14.3. The molecule has 3 aromatic carbocycles. The Balaban J connectivity index is 1.64. The number of rotatable bonds is 4. The number of fused-ring (bicyclic) bond motifs is 2. The SMILES string of the molecule is COc1ccc(-c2ccc3ncnc(-c4ccc5c(c4)OCO5)c3c2)cc1OC. The van der Waals surface area contributed by atoms with Gasteiger partial charge in [0.05, 0.1) is 25.4 Å². The van der Waals surface area contributed by atoms with Gasteiger partial charge in [-0.15, -0.1) is 0 Å². The molecule has 0 fully saturated rings. The molecule has 0 aliphatic carbocycles. The van der Waals surface area contributed by atoms with Gasteiger partial charge in [0.15, 0.2) is 23.0 Å². The summed E-state index contributed by atoms with van der Waals surface area (Å²) >= 11 is 0. The van der Waals surface area contributed by atoms with E-state index in [-0.39, 0.29) is 6.79 Å². The van der Waals surface area contributed by atoms with Gasteiger partial charge in [-0.1, -0.05) is 12.1 Å². The maximum atomic E-state index is 5.52. The van der Waals surface area contributed by atoms with Crippen molar-refractivity contribution in [1.82, 2.24) is 9.97 Å². The van der Waals surface area contributed by atoms with Crippen molar-refractivity contribution in [3.63, 3.8) is 0 Å². The third kappa shape index (κ3) is 2.99. The van der Waals surface area contributed by atoms with Gasteiger partial charge in [0.1, 0.15) is 6.33 Å². The molecule has 6 heteroatoms. The molecule has 0 saturated heterocycles. The minimum atomic E-state index is 0.243. The zero-order valence-electron chi connectivity index (χ0n) is 16.0. The standard InChI is InChI=1S/C23H18N2O4/c1-26-19-7-4-15(10-21(19)27-2)14-3-6-18-17(9-14)23(25-12-24-18)16-5-8-20-22(11-16)29-13-28-20/h3-12H,13H2,1-2H3. The summed E-state index contributed by atoms with van der Waals surface area (Å²) in [5.74, 6) is 2.86. The van der Waals surface area contributed by atoms with E-state index in [9.17, 15) is 0 Å². The number of hydrogen-bond acceptors (Lipinski definition) is 6. The lowest BCUT2D eigenvalue weighted by atomic mass is 10.00.